The number of nitrogens with zero attached hydrogens (tertiary/aromatic N) is 5. The van der Waals surface area contributed by atoms with Gasteiger partial charge in [0.25, 0.3) is 0 Å². The van der Waals surface area contributed by atoms with Crippen molar-refractivity contribution in [2.24, 2.45) is 0 Å². The molecule has 1 saturated heterocycles. The van der Waals surface area contributed by atoms with Gasteiger partial charge in [-0.05, 0) is 38.2 Å². The molecule has 7 nitrogen and oxygen atoms in total. The van der Waals surface area contributed by atoms with Gasteiger partial charge in [0.05, 0.1) is 12.6 Å². The van der Waals surface area contributed by atoms with Crippen LogP contribution in [0.3, 0.4) is 0 Å². The van der Waals surface area contributed by atoms with Crippen LogP contribution in [0.15, 0.2) is 29.1 Å². The molecule has 140 valence electrons. The van der Waals surface area contributed by atoms with Crippen molar-refractivity contribution in [1.29, 1.82) is 5.26 Å². The van der Waals surface area contributed by atoms with Crippen LogP contribution in [0.1, 0.15) is 48.7 Å². The zero-order chi connectivity index (χ0) is 19.0. The Morgan fingerprint density at radius 1 is 1.26 bits per heavy atom. The Morgan fingerprint density at radius 2 is 2.04 bits per heavy atom. The van der Waals surface area contributed by atoms with Crippen molar-refractivity contribution in [2.45, 2.75) is 57.7 Å². The van der Waals surface area contributed by atoms with Gasteiger partial charge in [-0.15, -0.1) is 0 Å². The van der Waals surface area contributed by atoms with Crippen LogP contribution >= 0.6 is 0 Å². The molecule has 4 rings (SSSR count). The van der Waals surface area contributed by atoms with Gasteiger partial charge in [-0.3, -0.25) is 9.36 Å². The second-order valence-corrected chi connectivity index (χ2v) is 7.44. The Balaban J connectivity index is 1.64. The van der Waals surface area contributed by atoms with Gasteiger partial charge >= 0.3 is 5.69 Å². The molecule has 0 spiro atoms. The van der Waals surface area contributed by atoms with Crippen molar-refractivity contribution >= 4 is 5.91 Å². The van der Waals surface area contributed by atoms with Gasteiger partial charge in [0.2, 0.25) is 5.91 Å². The van der Waals surface area contributed by atoms with E-state index in [0.29, 0.717) is 38.2 Å². The first kappa shape index (κ1) is 17.5. The quantitative estimate of drug-likeness (QED) is 0.830. The van der Waals surface area contributed by atoms with E-state index < -0.39 is 6.04 Å². The van der Waals surface area contributed by atoms with E-state index in [1.165, 1.54) is 10.2 Å². The summed E-state index contributed by atoms with van der Waals surface area (Å²) in [6.45, 7) is 3.01. The van der Waals surface area contributed by atoms with E-state index in [1.807, 2.05) is 31.2 Å². The summed E-state index contributed by atoms with van der Waals surface area (Å²) in [5, 5.41) is 13.8. The van der Waals surface area contributed by atoms with Crippen molar-refractivity contribution in [1.82, 2.24) is 19.2 Å². The number of hydrogen-bond acceptors (Lipinski definition) is 4. The molecule has 27 heavy (non-hydrogen) atoms. The van der Waals surface area contributed by atoms with Crippen molar-refractivity contribution < 1.29 is 4.79 Å². The van der Waals surface area contributed by atoms with Gasteiger partial charge in [0.1, 0.15) is 17.9 Å². The molecule has 1 aromatic heterocycles. The Kier molecular flexibility index (Phi) is 4.56. The van der Waals surface area contributed by atoms with Gasteiger partial charge in [-0.2, -0.15) is 10.4 Å². The maximum atomic E-state index is 13.1. The SMILES string of the molecule is Cc1ccc(Cn2nc3n(c2=O)[C@H](C(=O)N2CCC[C@H]2C#N)CCC3)cc1. The molecule has 7 heteroatoms. The fraction of sp³-hybridized carbons (Fsp3) is 0.500. The maximum Gasteiger partial charge on any atom is 0.346 e. The predicted octanol–water partition coefficient (Wildman–Crippen LogP) is 1.79. The normalized spacial score (nSPS) is 21.7. The Morgan fingerprint density at radius 3 is 2.78 bits per heavy atom. The molecule has 0 radical (unpaired) electrons. The largest absolute Gasteiger partial charge is 0.346 e. The van der Waals surface area contributed by atoms with Gasteiger partial charge in [-0.1, -0.05) is 29.8 Å². The van der Waals surface area contributed by atoms with E-state index in [9.17, 15) is 14.9 Å². The van der Waals surface area contributed by atoms with Gasteiger partial charge in [0.15, 0.2) is 0 Å². The summed E-state index contributed by atoms with van der Waals surface area (Å²) >= 11 is 0. The fourth-order valence-corrected chi connectivity index (χ4v) is 4.09. The third kappa shape index (κ3) is 3.16. The summed E-state index contributed by atoms with van der Waals surface area (Å²) in [6, 6.07) is 9.30. The molecular weight excluding hydrogens is 342 g/mol. The molecule has 0 bridgehead atoms. The minimum atomic E-state index is -0.540. The molecule has 2 aliphatic rings. The van der Waals surface area contributed by atoms with Crippen LogP contribution in [0, 0.1) is 18.3 Å². The lowest BCUT2D eigenvalue weighted by Gasteiger charge is -2.28. The Hall–Kier alpha value is -2.88. The van der Waals surface area contributed by atoms with Crippen LogP contribution in [0.5, 0.6) is 0 Å². The van der Waals surface area contributed by atoms with Crippen LogP contribution in [0.2, 0.25) is 0 Å². The van der Waals surface area contributed by atoms with Crippen LogP contribution in [-0.4, -0.2) is 37.7 Å². The average Bonchev–Trinajstić information content (AvgIpc) is 3.28. The molecule has 0 aliphatic carbocycles. The van der Waals surface area contributed by atoms with Crippen LogP contribution in [-0.2, 0) is 17.8 Å². The number of nitriles is 1. The maximum absolute atomic E-state index is 13.1. The summed E-state index contributed by atoms with van der Waals surface area (Å²) in [4.78, 5) is 27.7. The summed E-state index contributed by atoms with van der Waals surface area (Å²) < 4.78 is 3.02. The van der Waals surface area contributed by atoms with E-state index >= 15 is 0 Å². The minimum Gasteiger partial charge on any atom is -0.325 e. The highest BCUT2D eigenvalue weighted by molar-refractivity contribution is 5.81. The minimum absolute atomic E-state index is 0.114. The molecule has 2 atom stereocenters. The van der Waals surface area contributed by atoms with Crippen molar-refractivity contribution in [3.63, 3.8) is 0 Å². The Bertz CT molecular complexity index is 950. The zero-order valence-electron chi connectivity index (χ0n) is 15.5. The van der Waals surface area contributed by atoms with Gasteiger partial charge in [-0.25, -0.2) is 9.48 Å². The number of fused-ring (bicyclic) bond motifs is 1. The number of aromatic nitrogens is 3. The zero-order valence-corrected chi connectivity index (χ0v) is 15.5. The first-order valence-electron chi connectivity index (χ1n) is 9.52. The third-order valence-corrected chi connectivity index (χ3v) is 5.55. The molecule has 2 aliphatic heterocycles. The summed E-state index contributed by atoms with van der Waals surface area (Å²) in [7, 11) is 0. The summed E-state index contributed by atoms with van der Waals surface area (Å²) in [6.07, 6.45) is 3.69. The summed E-state index contributed by atoms with van der Waals surface area (Å²) in [5.41, 5.74) is 1.93. The first-order valence-corrected chi connectivity index (χ1v) is 9.52. The lowest BCUT2D eigenvalue weighted by atomic mass is 10.0. The van der Waals surface area contributed by atoms with E-state index in [0.717, 1.165) is 18.4 Å². The smallest absolute Gasteiger partial charge is 0.325 e. The summed E-state index contributed by atoms with van der Waals surface area (Å²) in [5.74, 6) is 0.557. The number of hydrogen-bond donors (Lipinski definition) is 0. The number of benzene rings is 1. The van der Waals surface area contributed by atoms with E-state index in [-0.39, 0.29) is 17.6 Å². The highest BCUT2D eigenvalue weighted by Crippen LogP contribution is 2.27. The standard InChI is InChI=1S/C20H23N5O2/c1-14-7-9-15(10-8-14)13-24-20(27)25-17(5-2-6-18(25)22-24)19(26)23-11-3-4-16(23)12-21/h7-10,16-17H,2-6,11,13H2,1H3/t16-,17-/m0/s1. The average molecular weight is 365 g/mol. The van der Waals surface area contributed by atoms with E-state index in [4.69, 9.17) is 0 Å². The monoisotopic (exact) mass is 365 g/mol. The molecule has 1 aromatic carbocycles. The molecule has 0 saturated carbocycles. The number of carbonyl (C=O) groups is 1. The van der Waals surface area contributed by atoms with Gasteiger partial charge in [0, 0.05) is 13.0 Å². The van der Waals surface area contributed by atoms with Crippen molar-refractivity contribution in [2.75, 3.05) is 6.54 Å². The highest BCUT2D eigenvalue weighted by Gasteiger charge is 2.37. The Labute approximate surface area is 157 Å². The number of amides is 1. The molecule has 1 fully saturated rings. The van der Waals surface area contributed by atoms with Crippen molar-refractivity contribution in [3.05, 3.63) is 51.7 Å². The number of aryl methyl sites for hydroxylation is 2. The highest BCUT2D eigenvalue weighted by atomic mass is 16.2. The van der Waals surface area contributed by atoms with Crippen LogP contribution < -0.4 is 5.69 Å². The topological polar surface area (TPSA) is 83.9 Å². The molecule has 2 aromatic rings. The number of likely N-dealkylation sites (tertiary alicyclic amines) is 1. The second-order valence-electron chi connectivity index (χ2n) is 7.44. The molecule has 0 N–H and O–H groups in total. The van der Waals surface area contributed by atoms with Gasteiger partial charge < -0.3 is 4.90 Å². The molecule has 1 amide bonds. The third-order valence-electron chi connectivity index (χ3n) is 5.55. The lowest BCUT2D eigenvalue weighted by Crippen LogP contribution is -2.44. The van der Waals surface area contributed by atoms with Crippen LogP contribution in [0.4, 0.5) is 0 Å². The number of rotatable bonds is 3. The molecule has 3 heterocycles. The number of carbonyl (C=O) groups excluding carboxylic acids is 1. The van der Waals surface area contributed by atoms with E-state index in [1.54, 1.807) is 9.47 Å². The van der Waals surface area contributed by atoms with Crippen LogP contribution in [0.25, 0.3) is 0 Å². The van der Waals surface area contributed by atoms with E-state index in [2.05, 4.69) is 11.2 Å². The lowest BCUT2D eigenvalue weighted by molar-refractivity contribution is -0.135. The molecular formula is C20H23N5O2. The predicted molar refractivity (Wildman–Crippen MR) is 99.1 cm³/mol. The fourth-order valence-electron chi connectivity index (χ4n) is 4.09. The van der Waals surface area contributed by atoms with Crippen molar-refractivity contribution in [3.8, 4) is 6.07 Å². The molecule has 0 unspecified atom stereocenters. The second kappa shape index (κ2) is 7.03. The first-order chi connectivity index (χ1) is 13.1.